The molecule has 0 amide bonds. The van der Waals surface area contributed by atoms with Crippen molar-refractivity contribution < 1.29 is 13.5 Å². The lowest BCUT2D eigenvalue weighted by Gasteiger charge is -2.34. The Morgan fingerprint density at radius 2 is 1.79 bits per heavy atom. The van der Waals surface area contributed by atoms with Gasteiger partial charge in [0, 0.05) is 11.8 Å². The van der Waals surface area contributed by atoms with Crippen LogP contribution < -0.4 is 0 Å². The van der Waals surface area contributed by atoms with Crippen molar-refractivity contribution in [2.75, 3.05) is 0 Å². The summed E-state index contributed by atoms with van der Waals surface area (Å²) in [6.45, 7) is 5.21. The van der Waals surface area contributed by atoms with Crippen LogP contribution in [0.1, 0.15) is 30.7 Å². The van der Waals surface area contributed by atoms with Crippen LogP contribution in [-0.2, 0) is 15.4 Å². The third-order valence-corrected chi connectivity index (χ3v) is 7.39. The maximum absolute atomic E-state index is 13.3. The van der Waals surface area contributed by atoms with E-state index < -0.39 is 26.2 Å². The number of aryl methyl sites for hydroxylation is 1. The smallest absolute Gasteiger partial charge is 0.192 e. The van der Waals surface area contributed by atoms with Crippen molar-refractivity contribution in [2.24, 2.45) is 4.99 Å². The normalized spacial score (nSPS) is 29.0. The van der Waals surface area contributed by atoms with Crippen LogP contribution in [-0.4, -0.2) is 35.0 Å². The minimum Gasteiger partial charge on any atom is -0.381 e. The molecule has 6 heteroatoms. The quantitative estimate of drug-likeness (QED) is 0.860. The Morgan fingerprint density at radius 1 is 1.12 bits per heavy atom. The van der Waals surface area contributed by atoms with Gasteiger partial charge in [-0.25, -0.2) is 8.42 Å². The maximum Gasteiger partial charge on any atom is 0.192 e. The average molecular weight is 342 g/mol. The van der Waals surface area contributed by atoms with Crippen molar-refractivity contribution in [3.63, 3.8) is 0 Å². The Balaban J connectivity index is 2.07. The SMILES string of the molecule is Cc1nccc2c1S(=O)(=O)C1C(c3ccccc3)=NC(C)(C)C21O. The summed E-state index contributed by atoms with van der Waals surface area (Å²) in [7, 11) is -3.78. The molecule has 5 nitrogen and oxygen atoms in total. The Morgan fingerprint density at radius 3 is 2.46 bits per heavy atom. The van der Waals surface area contributed by atoms with E-state index in [0.29, 0.717) is 22.5 Å². The fourth-order valence-corrected chi connectivity index (χ4v) is 6.54. The van der Waals surface area contributed by atoms with Gasteiger partial charge in [-0.1, -0.05) is 30.3 Å². The predicted octanol–water partition coefficient (Wildman–Crippen LogP) is 2.02. The molecule has 3 heterocycles. The highest BCUT2D eigenvalue weighted by Crippen LogP contribution is 2.55. The second kappa shape index (κ2) is 4.52. The van der Waals surface area contributed by atoms with E-state index in [0.717, 1.165) is 0 Å². The van der Waals surface area contributed by atoms with Crippen molar-refractivity contribution in [1.29, 1.82) is 0 Å². The van der Waals surface area contributed by atoms with Gasteiger partial charge in [0.2, 0.25) is 0 Å². The number of hydrogen-bond donors (Lipinski definition) is 1. The fraction of sp³-hybridized carbons (Fsp3) is 0.333. The van der Waals surface area contributed by atoms with E-state index >= 15 is 0 Å². The number of sulfone groups is 1. The van der Waals surface area contributed by atoms with Gasteiger partial charge in [-0.15, -0.1) is 0 Å². The third-order valence-electron chi connectivity index (χ3n) is 5.12. The fourth-order valence-electron chi connectivity index (χ4n) is 3.96. The molecule has 2 atom stereocenters. The molecule has 0 aliphatic carbocycles. The largest absolute Gasteiger partial charge is 0.381 e. The summed E-state index contributed by atoms with van der Waals surface area (Å²) >= 11 is 0. The number of aliphatic hydroxyl groups is 1. The Bertz CT molecular complexity index is 981. The summed E-state index contributed by atoms with van der Waals surface area (Å²) in [5.74, 6) is 0. The first-order valence-corrected chi connectivity index (χ1v) is 9.33. The first-order valence-electron chi connectivity index (χ1n) is 7.79. The minimum atomic E-state index is -3.78. The molecule has 0 spiro atoms. The van der Waals surface area contributed by atoms with Gasteiger partial charge in [0.1, 0.15) is 10.9 Å². The van der Waals surface area contributed by atoms with Crippen LogP contribution >= 0.6 is 0 Å². The van der Waals surface area contributed by atoms with Crippen molar-refractivity contribution in [3.05, 3.63) is 59.4 Å². The lowest BCUT2D eigenvalue weighted by Crippen LogP contribution is -2.50. The third kappa shape index (κ3) is 1.65. The molecule has 24 heavy (non-hydrogen) atoms. The summed E-state index contributed by atoms with van der Waals surface area (Å²) in [5, 5.41) is 10.5. The number of hydrogen-bond acceptors (Lipinski definition) is 5. The Kier molecular flexibility index (Phi) is 2.91. The number of aliphatic imine (C=N–C) groups is 1. The molecular formula is C18H18N2O3S. The van der Waals surface area contributed by atoms with E-state index in [1.807, 2.05) is 30.3 Å². The van der Waals surface area contributed by atoms with E-state index in [2.05, 4.69) is 9.98 Å². The molecule has 124 valence electrons. The number of fused-ring (bicyclic) bond motifs is 3. The Hall–Kier alpha value is -2.05. The first-order chi connectivity index (χ1) is 11.2. The van der Waals surface area contributed by atoms with E-state index in [1.54, 1.807) is 33.0 Å². The van der Waals surface area contributed by atoms with Crippen molar-refractivity contribution in [3.8, 4) is 0 Å². The van der Waals surface area contributed by atoms with Crippen molar-refractivity contribution in [2.45, 2.75) is 42.1 Å². The van der Waals surface area contributed by atoms with Crippen LogP contribution in [0.25, 0.3) is 0 Å². The maximum atomic E-state index is 13.3. The standard InChI is InChI=1S/C18H18N2O3S/c1-11-15-13(9-10-19-11)18(21)16(24(15,22)23)14(20-17(18,2)3)12-7-5-4-6-8-12/h4-10,16,21H,1-3H3. The summed E-state index contributed by atoms with van der Waals surface area (Å²) < 4.78 is 26.6. The van der Waals surface area contributed by atoms with E-state index in [-0.39, 0.29) is 4.90 Å². The molecule has 4 rings (SSSR count). The number of pyridine rings is 1. The van der Waals surface area contributed by atoms with E-state index in [4.69, 9.17) is 0 Å². The Labute approximate surface area is 141 Å². The molecule has 0 saturated carbocycles. The molecule has 1 aromatic carbocycles. The molecule has 0 bridgehead atoms. The van der Waals surface area contributed by atoms with Crippen LogP contribution in [0.15, 0.2) is 52.5 Å². The van der Waals surface area contributed by atoms with Gasteiger partial charge in [0.05, 0.1) is 21.8 Å². The summed E-state index contributed by atoms with van der Waals surface area (Å²) in [5.41, 5.74) is -0.611. The summed E-state index contributed by atoms with van der Waals surface area (Å²) in [6.07, 6.45) is 1.54. The van der Waals surface area contributed by atoms with Crippen molar-refractivity contribution >= 4 is 15.5 Å². The molecule has 0 radical (unpaired) electrons. The molecule has 1 N–H and O–H groups in total. The molecule has 2 unspecified atom stereocenters. The lowest BCUT2D eigenvalue weighted by atomic mass is 9.77. The van der Waals surface area contributed by atoms with Gasteiger partial charge in [-0.2, -0.15) is 0 Å². The van der Waals surface area contributed by atoms with Crippen molar-refractivity contribution in [1.82, 2.24) is 4.98 Å². The monoisotopic (exact) mass is 342 g/mol. The first kappa shape index (κ1) is 15.5. The van der Waals surface area contributed by atoms with Crippen LogP contribution in [0.2, 0.25) is 0 Å². The average Bonchev–Trinajstić information content (AvgIpc) is 2.87. The minimum absolute atomic E-state index is 0.147. The zero-order valence-electron chi connectivity index (χ0n) is 13.7. The van der Waals surface area contributed by atoms with Gasteiger partial charge in [0.15, 0.2) is 9.84 Å². The molecular weight excluding hydrogens is 324 g/mol. The predicted molar refractivity (Wildman–Crippen MR) is 90.9 cm³/mol. The van der Waals surface area contributed by atoms with Gasteiger partial charge in [0.25, 0.3) is 0 Å². The summed E-state index contributed by atoms with van der Waals surface area (Å²) in [4.78, 5) is 8.91. The van der Waals surface area contributed by atoms with Gasteiger partial charge >= 0.3 is 0 Å². The molecule has 2 aromatic rings. The molecule has 0 fully saturated rings. The topological polar surface area (TPSA) is 79.6 Å². The number of rotatable bonds is 1. The number of benzene rings is 1. The number of aromatic nitrogens is 1. The second-order valence-corrected chi connectivity index (χ2v) is 8.86. The summed E-state index contributed by atoms with van der Waals surface area (Å²) in [6, 6.07) is 10.8. The lowest BCUT2D eigenvalue weighted by molar-refractivity contribution is -0.00335. The van der Waals surface area contributed by atoms with Crippen LogP contribution in [0.3, 0.4) is 0 Å². The van der Waals surface area contributed by atoms with E-state index in [9.17, 15) is 13.5 Å². The second-order valence-electron chi connectivity index (χ2n) is 6.89. The molecule has 1 aromatic heterocycles. The molecule has 2 aliphatic heterocycles. The molecule has 0 saturated heterocycles. The van der Waals surface area contributed by atoms with Crippen LogP contribution in [0, 0.1) is 6.92 Å². The van der Waals surface area contributed by atoms with Gasteiger partial charge in [-0.05, 0) is 32.4 Å². The van der Waals surface area contributed by atoms with Gasteiger partial charge < -0.3 is 5.11 Å². The van der Waals surface area contributed by atoms with Gasteiger partial charge in [-0.3, -0.25) is 9.98 Å². The zero-order valence-corrected chi connectivity index (χ0v) is 14.5. The highest BCUT2D eigenvalue weighted by atomic mass is 32.2. The highest BCUT2D eigenvalue weighted by molar-refractivity contribution is 7.93. The van der Waals surface area contributed by atoms with E-state index in [1.165, 1.54) is 0 Å². The zero-order chi connectivity index (χ0) is 17.3. The highest BCUT2D eigenvalue weighted by Gasteiger charge is 2.68. The number of nitrogens with zero attached hydrogens (tertiary/aromatic N) is 2. The van der Waals surface area contributed by atoms with Crippen LogP contribution in [0.4, 0.5) is 0 Å². The molecule has 2 aliphatic rings. The van der Waals surface area contributed by atoms with Crippen LogP contribution in [0.5, 0.6) is 0 Å².